The standard InChI is InChI=1S/C15H11NO3/c1-18-14-7-10(9-17)6-12-8-13(19-15(12)14)11-2-4-16-5-3-11/h2-9H,1H3. The van der Waals surface area contributed by atoms with E-state index in [1.54, 1.807) is 31.6 Å². The molecule has 94 valence electrons. The number of methoxy groups -OCH3 is 1. The molecule has 0 aliphatic carbocycles. The lowest BCUT2D eigenvalue weighted by Crippen LogP contribution is -1.86. The van der Waals surface area contributed by atoms with Crippen molar-refractivity contribution in [2.75, 3.05) is 7.11 Å². The van der Waals surface area contributed by atoms with Crippen LogP contribution in [0.4, 0.5) is 0 Å². The SMILES string of the molecule is COc1cc(C=O)cc2cc(-c3ccncc3)oc12. The van der Waals surface area contributed by atoms with Crippen LogP contribution >= 0.6 is 0 Å². The van der Waals surface area contributed by atoms with Gasteiger partial charge in [-0.2, -0.15) is 0 Å². The normalized spacial score (nSPS) is 10.6. The van der Waals surface area contributed by atoms with Gasteiger partial charge in [-0.05, 0) is 30.3 Å². The second kappa shape index (κ2) is 4.57. The summed E-state index contributed by atoms with van der Waals surface area (Å²) in [4.78, 5) is 14.9. The van der Waals surface area contributed by atoms with Crippen molar-refractivity contribution in [3.63, 3.8) is 0 Å². The highest BCUT2D eigenvalue weighted by Gasteiger charge is 2.12. The van der Waals surface area contributed by atoms with Crippen molar-refractivity contribution in [3.05, 3.63) is 48.3 Å². The van der Waals surface area contributed by atoms with Crippen molar-refractivity contribution in [3.8, 4) is 17.1 Å². The molecule has 2 aromatic heterocycles. The summed E-state index contributed by atoms with van der Waals surface area (Å²) in [6, 6.07) is 9.06. The predicted molar refractivity (Wildman–Crippen MR) is 71.4 cm³/mol. The summed E-state index contributed by atoms with van der Waals surface area (Å²) in [7, 11) is 1.55. The fourth-order valence-electron chi connectivity index (χ4n) is 2.02. The van der Waals surface area contributed by atoms with E-state index >= 15 is 0 Å². The van der Waals surface area contributed by atoms with Gasteiger partial charge in [-0.3, -0.25) is 9.78 Å². The van der Waals surface area contributed by atoms with Gasteiger partial charge >= 0.3 is 0 Å². The van der Waals surface area contributed by atoms with Crippen LogP contribution in [0.1, 0.15) is 10.4 Å². The molecule has 0 N–H and O–H groups in total. The smallest absolute Gasteiger partial charge is 0.176 e. The highest BCUT2D eigenvalue weighted by molar-refractivity contribution is 5.92. The van der Waals surface area contributed by atoms with Crippen LogP contribution in [0.5, 0.6) is 5.75 Å². The number of nitrogens with zero attached hydrogens (tertiary/aromatic N) is 1. The Hall–Kier alpha value is -2.62. The highest BCUT2D eigenvalue weighted by atomic mass is 16.5. The first-order valence-corrected chi connectivity index (χ1v) is 5.79. The fraction of sp³-hybridized carbons (Fsp3) is 0.0667. The first-order valence-electron chi connectivity index (χ1n) is 5.79. The average molecular weight is 253 g/mol. The third-order valence-corrected chi connectivity index (χ3v) is 2.93. The largest absolute Gasteiger partial charge is 0.493 e. The minimum absolute atomic E-state index is 0.555. The van der Waals surface area contributed by atoms with Crippen molar-refractivity contribution in [2.45, 2.75) is 0 Å². The quantitative estimate of drug-likeness (QED) is 0.672. The van der Waals surface area contributed by atoms with Gasteiger partial charge in [-0.15, -0.1) is 0 Å². The number of fused-ring (bicyclic) bond motifs is 1. The monoisotopic (exact) mass is 253 g/mol. The number of benzene rings is 1. The zero-order valence-electron chi connectivity index (χ0n) is 10.3. The zero-order valence-corrected chi connectivity index (χ0v) is 10.3. The molecule has 0 saturated carbocycles. The number of rotatable bonds is 3. The lowest BCUT2D eigenvalue weighted by molar-refractivity contribution is 0.112. The van der Waals surface area contributed by atoms with Crippen LogP contribution in [0.3, 0.4) is 0 Å². The summed E-state index contributed by atoms with van der Waals surface area (Å²) >= 11 is 0. The number of ether oxygens (including phenoxy) is 1. The summed E-state index contributed by atoms with van der Waals surface area (Å²) in [5, 5.41) is 0.841. The number of carbonyl (C=O) groups is 1. The molecule has 0 aliphatic heterocycles. The van der Waals surface area contributed by atoms with E-state index < -0.39 is 0 Å². The second-order valence-electron chi connectivity index (χ2n) is 4.11. The molecule has 0 bridgehead atoms. The Morgan fingerprint density at radius 3 is 2.68 bits per heavy atom. The number of aldehydes is 1. The van der Waals surface area contributed by atoms with Crippen LogP contribution < -0.4 is 4.74 Å². The van der Waals surface area contributed by atoms with Crippen molar-refractivity contribution in [1.82, 2.24) is 4.98 Å². The van der Waals surface area contributed by atoms with Gasteiger partial charge in [0.2, 0.25) is 0 Å². The Labute approximate surface area is 109 Å². The zero-order chi connectivity index (χ0) is 13.2. The molecule has 2 heterocycles. The maximum atomic E-state index is 10.9. The first kappa shape index (κ1) is 11.5. The van der Waals surface area contributed by atoms with Crippen LogP contribution in [-0.2, 0) is 0 Å². The van der Waals surface area contributed by atoms with E-state index in [0.717, 1.165) is 23.0 Å². The Bertz CT molecular complexity index is 732. The molecule has 0 amide bonds. The summed E-state index contributed by atoms with van der Waals surface area (Å²) in [5.41, 5.74) is 2.13. The molecule has 0 radical (unpaired) electrons. The maximum absolute atomic E-state index is 10.9. The van der Waals surface area contributed by atoms with Crippen molar-refractivity contribution in [1.29, 1.82) is 0 Å². The third kappa shape index (κ3) is 1.97. The van der Waals surface area contributed by atoms with E-state index in [4.69, 9.17) is 9.15 Å². The molecule has 4 heteroatoms. The molecular weight excluding hydrogens is 242 g/mol. The number of carbonyl (C=O) groups excluding carboxylic acids is 1. The molecule has 0 atom stereocenters. The summed E-state index contributed by atoms with van der Waals surface area (Å²) in [5.74, 6) is 1.28. The number of hydrogen-bond acceptors (Lipinski definition) is 4. The lowest BCUT2D eigenvalue weighted by Gasteiger charge is -2.01. The predicted octanol–water partition coefficient (Wildman–Crippen LogP) is 3.32. The van der Waals surface area contributed by atoms with Gasteiger partial charge in [0.1, 0.15) is 12.0 Å². The fourth-order valence-corrected chi connectivity index (χ4v) is 2.02. The minimum atomic E-state index is 0.555. The van der Waals surface area contributed by atoms with E-state index in [-0.39, 0.29) is 0 Å². The third-order valence-electron chi connectivity index (χ3n) is 2.93. The molecule has 19 heavy (non-hydrogen) atoms. The van der Waals surface area contributed by atoms with Crippen LogP contribution in [0, 0.1) is 0 Å². The summed E-state index contributed by atoms with van der Waals surface area (Å²) in [6.07, 6.45) is 4.20. The molecule has 0 aliphatic rings. The van der Waals surface area contributed by atoms with Crippen molar-refractivity contribution < 1.29 is 13.9 Å². The van der Waals surface area contributed by atoms with Gasteiger partial charge in [-0.1, -0.05) is 0 Å². The molecular formula is C15H11NO3. The molecule has 3 rings (SSSR count). The molecule has 0 spiro atoms. The van der Waals surface area contributed by atoms with E-state index in [0.29, 0.717) is 16.9 Å². The van der Waals surface area contributed by atoms with Gasteiger partial charge in [0, 0.05) is 28.9 Å². The average Bonchev–Trinajstić information content (AvgIpc) is 2.91. The van der Waals surface area contributed by atoms with Crippen LogP contribution in [0.2, 0.25) is 0 Å². The first-order chi connectivity index (χ1) is 9.31. The van der Waals surface area contributed by atoms with Gasteiger partial charge in [-0.25, -0.2) is 0 Å². The number of furan rings is 1. The van der Waals surface area contributed by atoms with Gasteiger partial charge in [0.15, 0.2) is 11.3 Å². The Balaban J connectivity index is 2.23. The van der Waals surface area contributed by atoms with Gasteiger partial charge in [0.25, 0.3) is 0 Å². The lowest BCUT2D eigenvalue weighted by atomic mass is 10.1. The maximum Gasteiger partial charge on any atom is 0.176 e. The molecule has 4 nitrogen and oxygen atoms in total. The Morgan fingerprint density at radius 2 is 2.00 bits per heavy atom. The summed E-state index contributed by atoms with van der Waals surface area (Å²) in [6.45, 7) is 0. The minimum Gasteiger partial charge on any atom is -0.493 e. The highest BCUT2D eigenvalue weighted by Crippen LogP contribution is 2.34. The summed E-state index contributed by atoms with van der Waals surface area (Å²) < 4.78 is 11.1. The van der Waals surface area contributed by atoms with E-state index in [1.165, 1.54) is 0 Å². The van der Waals surface area contributed by atoms with Gasteiger partial charge < -0.3 is 9.15 Å². The van der Waals surface area contributed by atoms with Crippen molar-refractivity contribution in [2.24, 2.45) is 0 Å². The Kier molecular flexibility index (Phi) is 2.76. The molecule has 0 saturated heterocycles. The molecule has 3 aromatic rings. The topological polar surface area (TPSA) is 52.3 Å². The van der Waals surface area contributed by atoms with E-state index in [1.807, 2.05) is 18.2 Å². The van der Waals surface area contributed by atoms with Crippen molar-refractivity contribution >= 4 is 17.3 Å². The van der Waals surface area contributed by atoms with E-state index in [2.05, 4.69) is 4.98 Å². The Morgan fingerprint density at radius 1 is 1.21 bits per heavy atom. The molecule has 1 aromatic carbocycles. The molecule has 0 unspecified atom stereocenters. The van der Waals surface area contributed by atoms with Crippen LogP contribution in [0.25, 0.3) is 22.3 Å². The van der Waals surface area contributed by atoms with Crippen LogP contribution in [0.15, 0.2) is 47.1 Å². The number of aromatic nitrogens is 1. The number of pyridine rings is 1. The van der Waals surface area contributed by atoms with E-state index in [9.17, 15) is 4.79 Å². The second-order valence-corrected chi connectivity index (χ2v) is 4.11. The molecule has 0 fully saturated rings. The van der Waals surface area contributed by atoms with Gasteiger partial charge in [0.05, 0.1) is 7.11 Å². The number of hydrogen-bond donors (Lipinski definition) is 0. The van der Waals surface area contributed by atoms with Crippen LogP contribution in [-0.4, -0.2) is 18.4 Å².